The van der Waals surface area contributed by atoms with Crippen LogP contribution in [-0.4, -0.2) is 18.2 Å². The van der Waals surface area contributed by atoms with Gasteiger partial charge in [-0.3, -0.25) is 0 Å². The monoisotopic (exact) mass is 242 g/mol. The molecule has 3 rings (SSSR count). The van der Waals surface area contributed by atoms with Crippen molar-refractivity contribution in [2.45, 2.75) is 6.92 Å². The maximum atomic E-state index is 5.95. The number of nitrogens with zero attached hydrogens (tertiary/aromatic N) is 1. The van der Waals surface area contributed by atoms with Gasteiger partial charge in [-0.2, -0.15) is 0 Å². The highest BCUT2D eigenvalue weighted by molar-refractivity contribution is 5.78. The van der Waals surface area contributed by atoms with Crippen LogP contribution in [0, 0.1) is 6.92 Å². The van der Waals surface area contributed by atoms with Gasteiger partial charge < -0.3 is 15.2 Å². The number of nitrogens with two attached hydrogens (primary N) is 1. The van der Waals surface area contributed by atoms with E-state index in [0.717, 1.165) is 28.2 Å². The van der Waals surface area contributed by atoms with E-state index in [9.17, 15) is 0 Å². The number of benzene rings is 1. The molecule has 2 N–H and O–H groups in total. The van der Waals surface area contributed by atoms with Gasteiger partial charge in [-0.05, 0) is 36.2 Å². The number of hydrogen-bond donors (Lipinski definition) is 1. The van der Waals surface area contributed by atoms with Gasteiger partial charge >= 0.3 is 0 Å². The first-order valence-electron chi connectivity index (χ1n) is 5.87. The van der Waals surface area contributed by atoms with Crippen molar-refractivity contribution in [3.05, 3.63) is 36.0 Å². The van der Waals surface area contributed by atoms with Crippen molar-refractivity contribution in [2.24, 2.45) is 0 Å². The summed E-state index contributed by atoms with van der Waals surface area (Å²) in [4.78, 5) is 4.13. The standard InChI is InChI=1S/C14H14N2O2/c1-9-4-5-16-14(15)13(9)10-2-3-11-12(8-10)18-7-6-17-11/h2-5,8H,6-7H2,1H3,(H2,15,16). The van der Waals surface area contributed by atoms with Crippen molar-refractivity contribution in [3.8, 4) is 22.6 Å². The summed E-state index contributed by atoms with van der Waals surface area (Å²) in [5.41, 5.74) is 9.00. The Morgan fingerprint density at radius 1 is 1.11 bits per heavy atom. The van der Waals surface area contributed by atoms with E-state index in [1.165, 1.54) is 0 Å². The summed E-state index contributed by atoms with van der Waals surface area (Å²) in [7, 11) is 0. The van der Waals surface area contributed by atoms with E-state index < -0.39 is 0 Å². The van der Waals surface area contributed by atoms with Gasteiger partial charge in [0.25, 0.3) is 0 Å². The lowest BCUT2D eigenvalue weighted by molar-refractivity contribution is 0.171. The van der Waals surface area contributed by atoms with Crippen LogP contribution in [0.1, 0.15) is 5.56 Å². The SMILES string of the molecule is Cc1ccnc(N)c1-c1ccc2c(c1)OCCO2. The van der Waals surface area contributed by atoms with Crippen LogP contribution in [0.5, 0.6) is 11.5 Å². The maximum absolute atomic E-state index is 5.95. The van der Waals surface area contributed by atoms with Crippen LogP contribution < -0.4 is 15.2 Å². The van der Waals surface area contributed by atoms with Crippen LogP contribution in [0.4, 0.5) is 5.82 Å². The third-order valence-corrected chi connectivity index (χ3v) is 3.02. The Morgan fingerprint density at radius 3 is 2.67 bits per heavy atom. The minimum Gasteiger partial charge on any atom is -0.486 e. The molecule has 1 aliphatic heterocycles. The van der Waals surface area contributed by atoms with Crippen LogP contribution >= 0.6 is 0 Å². The number of hydrogen-bond acceptors (Lipinski definition) is 4. The highest BCUT2D eigenvalue weighted by Crippen LogP contribution is 2.36. The molecule has 0 atom stereocenters. The number of fused-ring (bicyclic) bond motifs is 1. The Balaban J connectivity index is 2.12. The first-order valence-corrected chi connectivity index (χ1v) is 5.87. The molecule has 0 spiro atoms. The normalized spacial score (nSPS) is 13.4. The largest absolute Gasteiger partial charge is 0.486 e. The summed E-state index contributed by atoms with van der Waals surface area (Å²) in [5.74, 6) is 2.08. The second-order valence-corrected chi connectivity index (χ2v) is 4.25. The number of nitrogen functional groups attached to an aromatic ring is 1. The number of aromatic nitrogens is 1. The fourth-order valence-corrected chi connectivity index (χ4v) is 2.15. The lowest BCUT2D eigenvalue weighted by Gasteiger charge is -2.19. The van der Waals surface area contributed by atoms with E-state index in [-0.39, 0.29) is 0 Å². The summed E-state index contributed by atoms with van der Waals surface area (Å²) < 4.78 is 11.1. The highest BCUT2D eigenvalue weighted by atomic mass is 16.6. The fourth-order valence-electron chi connectivity index (χ4n) is 2.15. The molecule has 1 aromatic heterocycles. The molecule has 1 aromatic carbocycles. The van der Waals surface area contributed by atoms with E-state index in [0.29, 0.717) is 19.0 Å². The number of anilines is 1. The van der Waals surface area contributed by atoms with E-state index >= 15 is 0 Å². The Labute approximate surface area is 105 Å². The average molecular weight is 242 g/mol. The predicted octanol–water partition coefficient (Wildman–Crippen LogP) is 2.41. The van der Waals surface area contributed by atoms with Crippen LogP contribution in [0.3, 0.4) is 0 Å². The Kier molecular flexibility index (Phi) is 2.55. The quantitative estimate of drug-likeness (QED) is 0.834. The third kappa shape index (κ3) is 1.76. The summed E-state index contributed by atoms with van der Waals surface area (Å²) >= 11 is 0. The molecule has 4 nitrogen and oxygen atoms in total. The van der Waals surface area contributed by atoms with Crippen molar-refractivity contribution in [3.63, 3.8) is 0 Å². The molecule has 0 amide bonds. The summed E-state index contributed by atoms with van der Waals surface area (Å²) in [5, 5.41) is 0. The van der Waals surface area contributed by atoms with Gasteiger partial charge in [-0.25, -0.2) is 4.98 Å². The van der Waals surface area contributed by atoms with E-state index in [4.69, 9.17) is 15.2 Å². The van der Waals surface area contributed by atoms with Crippen molar-refractivity contribution in [1.29, 1.82) is 0 Å². The molecule has 18 heavy (non-hydrogen) atoms. The molecule has 4 heteroatoms. The molecule has 0 aliphatic carbocycles. The molecule has 1 aliphatic rings. The first-order chi connectivity index (χ1) is 8.75. The zero-order chi connectivity index (χ0) is 12.5. The summed E-state index contributed by atoms with van der Waals surface area (Å²) in [6.07, 6.45) is 1.71. The molecule has 0 radical (unpaired) electrons. The molecule has 0 fully saturated rings. The zero-order valence-electron chi connectivity index (χ0n) is 10.1. The molecule has 2 aromatic rings. The average Bonchev–Trinajstić information content (AvgIpc) is 2.38. The van der Waals surface area contributed by atoms with Gasteiger partial charge in [-0.1, -0.05) is 6.07 Å². The minimum atomic E-state index is 0.534. The van der Waals surface area contributed by atoms with Crippen molar-refractivity contribution < 1.29 is 9.47 Å². The first kappa shape index (κ1) is 10.9. The molecule has 92 valence electrons. The minimum absolute atomic E-state index is 0.534. The van der Waals surface area contributed by atoms with Crippen LogP contribution in [0.15, 0.2) is 30.5 Å². The van der Waals surface area contributed by atoms with Gasteiger partial charge in [-0.15, -0.1) is 0 Å². The van der Waals surface area contributed by atoms with Crippen molar-refractivity contribution >= 4 is 5.82 Å². The van der Waals surface area contributed by atoms with E-state index in [1.54, 1.807) is 6.20 Å². The molecule has 2 heterocycles. The third-order valence-electron chi connectivity index (χ3n) is 3.02. The molecule has 0 saturated carbocycles. The molecular formula is C14H14N2O2. The van der Waals surface area contributed by atoms with Crippen LogP contribution in [0.2, 0.25) is 0 Å². The highest BCUT2D eigenvalue weighted by Gasteiger charge is 2.14. The van der Waals surface area contributed by atoms with Crippen molar-refractivity contribution in [1.82, 2.24) is 4.98 Å². The van der Waals surface area contributed by atoms with Gasteiger partial charge in [0.2, 0.25) is 0 Å². The maximum Gasteiger partial charge on any atom is 0.161 e. The topological polar surface area (TPSA) is 57.4 Å². The summed E-state index contributed by atoms with van der Waals surface area (Å²) in [6.45, 7) is 3.20. The van der Waals surface area contributed by atoms with Gasteiger partial charge in [0.05, 0.1) is 0 Å². The Hall–Kier alpha value is -2.23. The molecule has 0 saturated heterocycles. The lowest BCUT2D eigenvalue weighted by Crippen LogP contribution is -2.15. The lowest BCUT2D eigenvalue weighted by atomic mass is 10.0. The van der Waals surface area contributed by atoms with E-state index in [2.05, 4.69) is 4.98 Å². The van der Waals surface area contributed by atoms with Crippen molar-refractivity contribution in [2.75, 3.05) is 18.9 Å². The smallest absolute Gasteiger partial charge is 0.161 e. The molecular weight excluding hydrogens is 228 g/mol. The van der Waals surface area contributed by atoms with Crippen LogP contribution in [0.25, 0.3) is 11.1 Å². The van der Waals surface area contributed by atoms with E-state index in [1.807, 2.05) is 31.2 Å². The van der Waals surface area contributed by atoms with Gasteiger partial charge in [0.15, 0.2) is 11.5 Å². The zero-order valence-corrected chi connectivity index (χ0v) is 10.1. The number of aryl methyl sites for hydroxylation is 1. The fraction of sp³-hybridized carbons (Fsp3) is 0.214. The number of pyridine rings is 1. The number of rotatable bonds is 1. The van der Waals surface area contributed by atoms with Crippen LogP contribution in [-0.2, 0) is 0 Å². The predicted molar refractivity (Wildman–Crippen MR) is 69.8 cm³/mol. The summed E-state index contributed by atoms with van der Waals surface area (Å²) in [6, 6.07) is 7.79. The Morgan fingerprint density at radius 2 is 1.89 bits per heavy atom. The molecule has 0 bridgehead atoms. The number of ether oxygens (including phenoxy) is 2. The Bertz CT molecular complexity index is 576. The van der Waals surface area contributed by atoms with Gasteiger partial charge in [0, 0.05) is 11.8 Å². The second-order valence-electron chi connectivity index (χ2n) is 4.25. The van der Waals surface area contributed by atoms with Gasteiger partial charge in [0.1, 0.15) is 19.0 Å². The second kappa shape index (κ2) is 4.22. The molecule has 0 unspecified atom stereocenters.